The van der Waals surface area contributed by atoms with E-state index in [1.165, 1.54) is 0 Å². The molecule has 0 rings (SSSR count). The second-order valence-electron chi connectivity index (χ2n) is 4.39. The van der Waals surface area contributed by atoms with Crippen molar-refractivity contribution in [3.63, 3.8) is 0 Å². The van der Waals surface area contributed by atoms with Crippen LogP contribution in [-0.2, 0) is 9.47 Å². The smallest absolute Gasteiger partial charge is 0.0783 e. The van der Waals surface area contributed by atoms with Crippen LogP contribution in [0.15, 0.2) is 0 Å². The van der Waals surface area contributed by atoms with Gasteiger partial charge in [0.25, 0.3) is 0 Å². The average molecular weight is 219 g/mol. The summed E-state index contributed by atoms with van der Waals surface area (Å²) < 4.78 is 10.7. The van der Waals surface area contributed by atoms with Gasteiger partial charge >= 0.3 is 0 Å². The molecule has 0 aromatic carbocycles. The summed E-state index contributed by atoms with van der Waals surface area (Å²) in [5.74, 6) is 0. The monoisotopic (exact) mass is 219 g/mol. The summed E-state index contributed by atoms with van der Waals surface area (Å²) in [5, 5.41) is 12.3. The van der Waals surface area contributed by atoms with Gasteiger partial charge in [0, 0.05) is 12.6 Å². The molecule has 4 nitrogen and oxygen atoms in total. The molecule has 0 fully saturated rings. The molecule has 92 valence electrons. The van der Waals surface area contributed by atoms with Crippen LogP contribution < -0.4 is 5.32 Å². The molecule has 0 aliphatic carbocycles. The van der Waals surface area contributed by atoms with E-state index in [-0.39, 0.29) is 24.4 Å². The van der Waals surface area contributed by atoms with Crippen LogP contribution >= 0.6 is 0 Å². The number of hydrogen-bond donors (Lipinski definition) is 2. The first-order chi connectivity index (χ1) is 6.97. The third-order valence-corrected chi connectivity index (χ3v) is 2.56. The third-order valence-electron chi connectivity index (χ3n) is 2.56. The summed E-state index contributed by atoms with van der Waals surface area (Å²) in [6.07, 6.45) is 0.957. The molecule has 0 bridgehead atoms. The molecule has 0 aromatic rings. The zero-order valence-electron chi connectivity index (χ0n) is 10.5. The summed E-state index contributed by atoms with van der Waals surface area (Å²) in [6, 6.07) is 0. The van der Waals surface area contributed by atoms with Crippen molar-refractivity contribution in [2.45, 2.75) is 44.9 Å². The largest absolute Gasteiger partial charge is 0.394 e. The van der Waals surface area contributed by atoms with Gasteiger partial charge in [-0.25, -0.2) is 0 Å². The lowest BCUT2D eigenvalue weighted by Crippen LogP contribution is -2.46. The van der Waals surface area contributed by atoms with E-state index < -0.39 is 0 Å². The van der Waals surface area contributed by atoms with Crippen molar-refractivity contribution in [3.05, 3.63) is 0 Å². The zero-order valence-corrected chi connectivity index (χ0v) is 10.5. The van der Waals surface area contributed by atoms with Gasteiger partial charge < -0.3 is 19.9 Å². The van der Waals surface area contributed by atoms with E-state index in [1.807, 2.05) is 27.8 Å². The van der Waals surface area contributed by atoms with E-state index >= 15 is 0 Å². The summed E-state index contributed by atoms with van der Waals surface area (Å²) in [6.45, 7) is 6.68. The Morgan fingerprint density at radius 1 is 1.33 bits per heavy atom. The van der Waals surface area contributed by atoms with Crippen molar-refractivity contribution in [3.8, 4) is 0 Å². The fourth-order valence-corrected chi connectivity index (χ4v) is 1.60. The molecular formula is C11H25NO3. The van der Waals surface area contributed by atoms with Gasteiger partial charge in [-0.15, -0.1) is 0 Å². The minimum absolute atomic E-state index is 0.0878. The maximum atomic E-state index is 9.23. The van der Waals surface area contributed by atoms with Crippen molar-refractivity contribution >= 4 is 0 Å². The van der Waals surface area contributed by atoms with Gasteiger partial charge in [-0.3, -0.25) is 0 Å². The number of aliphatic hydroxyl groups is 1. The lowest BCUT2D eigenvalue weighted by molar-refractivity contribution is -0.0459. The third kappa shape index (κ3) is 6.10. The fourth-order valence-electron chi connectivity index (χ4n) is 1.60. The van der Waals surface area contributed by atoms with Crippen molar-refractivity contribution in [2.75, 3.05) is 27.4 Å². The highest BCUT2D eigenvalue weighted by atomic mass is 16.5. The predicted molar refractivity (Wildman–Crippen MR) is 61.1 cm³/mol. The molecule has 0 heterocycles. The number of nitrogens with one attached hydrogen (secondary N) is 1. The van der Waals surface area contributed by atoms with Gasteiger partial charge in [0.2, 0.25) is 0 Å². The maximum Gasteiger partial charge on any atom is 0.0783 e. The molecule has 2 N–H and O–H groups in total. The van der Waals surface area contributed by atoms with Crippen LogP contribution in [0.5, 0.6) is 0 Å². The standard InChI is InChI=1S/C11H25NO3/c1-9(15-10(2)7-14-5)6-11(3,8-13)12-4/h9-10,12-13H,6-8H2,1-5H3. The van der Waals surface area contributed by atoms with Gasteiger partial charge in [0.15, 0.2) is 0 Å². The SMILES string of the molecule is CNC(C)(CO)CC(C)OC(C)COC. The molecule has 3 atom stereocenters. The number of aliphatic hydroxyl groups excluding tert-OH is 1. The van der Waals surface area contributed by atoms with Gasteiger partial charge in [0.05, 0.1) is 25.4 Å². The Balaban J connectivity index is 3.95. The lowest BCUT2D eigenvalue weighted by Gasteiger charge is -2.31. The quantitative estimate of drug-likeness (QED) is 0.633. The second kappa shape index (κ2) is 7.17. The van der Waals surface area contributed by atoms with E-state index in [1.54, 1.807) is 7.11 Å². The van der Waals surface area contributed by atoms with E-state index in [2.05, 4.69) is 5.32 Å². The van der Waals surface area contributed by atoms with Crippen molar-refractivity contribution in [1.29, 1.82) is 0 Å². The van der Waals surface area contributed by atoms with E-state index in [9.17, 15) is 5.11 Å². The van der Waals surface area contributed by atoms with Gasteiger partial charge in [-0.2, -0.15) is 0 Å². The maximum absolute atomic E-state index is 9.23. The van der Waals surface area contributed by atoms with Crippen LogP contribution in [-0.4, -0.2) is 50.2 Å². The number of rotatable bonds is 8. The summed E-state index contributed by atoms with van der Waals surface area (Å²) in [4.78, 5) is 0. The first-order valence-corrected chi connectivity index (χ1v) is 5.41. The Morgan fingerprint density at radius 3 is 2.33 bits per heavy atom. The highest BCUT2D eigenvalue weighted by Gasteiger charge is 2.24. The zero-order chi connectivity index (χ0) is 11.9. The van der Waals surface area contributed by atoms with Crippen molar-refractivity contribution < 1.29 is 14.6 Å². The molecule has 0 aromatic heterocycles. The van der Waals surface area contributed by atoms with Gasteiger partial charge in [-0.05, 0) is 34.2 Å². The van der Waals surface area contributed by atoms with Crippen molar-refractivity contribution in [1.82, 2.24) is 5.32 Å². The molecular weight excluding hydrogens is 194 g/mol. The summed E-state index contributed by atoms with van der Waals surface area (Å²) in [5.41, 5.74) is -0.272. The highest BCUT2D eigenvalue weighted by Crippen LogP contribution is 2.14. The summed E-state index contributed by atoms with van der Waals surface area (Å²) in [7, 11) is 3.51. The molecule has 0 aliphatic heterocycles. The Hall–Kier alpha value is -0.160. The Bertz CT molecular complexity index is 160. The molecule has 15 heavy (non-hydrogen) atoms. The van der Waals surface area contributed by atoms with Crippen LogP contribution in [0.3, 0.4) is 0 Å². The summed E-state index contributed by atoms with van der Waals surface area (Å²) >= 11 is 0. The van der Waals surface area contributed by atoms with Crippen LogP contribution in [0.1, 0.15) is 27.2 Å². The molecule has 0 saturated carbocycles. The number of likely N-dealkylation sites (N-methyl/N-ethyl adjacent to an activating group) is 1. The van der Waals surface area contributed by atoms with Gasteiger partial charge in [-0.1, -0.05) is 0 Å². The number of ether oxygens (including phenoxy) is 2. The Kier molecular flexibility index (Phi) is 7.09. The van der Waals surface area contributed by atoms with E-state index in [4.69, 9.17) is 9.47 Å². The predicted octanol–water partition coefficient (Wildman–Crippen LogP) is 0.787. The number of hydrogen-bond acceptors (Lipinski definition) is 4. The average Bonchev–Trinajstić information content (AvgIpc) is 2.17. The van der Waals surface area contributed by atoms with E-state index in [0.717, 1.165) is 6.42 Å². The molecule has 0 amide bonds. The minimum atomic E-state index is -0.272. The molecule has 0 aliphatic rings. The van der Waals surface area contributed by atoms with Crippen LogP contribution in [0.25, 0.3) is 0 Å². The van der Waals surface area contributed by atoms with Crippen molar-refractivity contribution in [2.24, 2.45) is 0 Å². The number of methoxy groups -OCH3 is 1. The minimum Gasteiger partial charge on any atom is -0.394 e. The Morgan fingerprint density at radius 2 is 1.93 bits per heavy atom. The second-order valence-corrected chi connectivity index (χ2v) is 4.39. The fraction of sp³-hybridized carbons (Fsp3) is 1.00. The first-order valence-electron chi connectivity index (χ1n) is 5.41. The Labute approximate surface area is 93.0 Å². The van der Waals surface area contributed by atoms with Crippen LogP contribution in [0.2, 0.25) is 0 Å². The van der Waals surface area contributed by atoms with E-state index in [0.29, 0.717) is 6.61 Å². The molecule has 0 spiro atoms. The molecule has 0 radical (unpaired) electrons. The highest BCUT2D eigenvalue weighted by molar-refractivity contribution is 4.83. The van der Waals surface area contributed by atoms with Crippen LogP contribution in [0, 0.1) is 0 Å². The lowest BCUT2D eigenvalue weighted by atomic mass is 9.96. The topological polar surface area (TPSA) is 50.7 Å². The first kappa shape index (κ1) is 14.8. The van der Waals surface area contributed by atoms with Gasteiger partial charge in [0.1, 0.15) is 0 Å². The molecule has 4 heteroatoms. The molecule has 0 saturated heterocycles. The van der Waals surface area contributed by atoms with Crippen LogP contribution in [0.4, 0.5) is 0 Å². The molecule has 3 unspecified atom stereocenters. The normalized spacial score (nSPS) is 19.6.